The van der Waals surface area contributed by atoms with E-state index in [1.807, 2.05) is 0 Å². The highest BCUT2D eigenvalue weighted by molar-refractivity contribution is 6.38. The topological polar surface area (TPSA) is 148 Å². The van der Waals surface area contributed by atoms with Gasteiger partial charge >= 0.3 is 0 Å². The summed E-state index contributed by atoms with van der Waals surface area (Å²) in [4.78, 5) is 53.7. The number of ketones is 1. The van der Waals surface area contributed by atoms with Gasteiger partial charge in [-0.1, -0.05) is 38.9 Å². The fourth-order valence-corrected chi connectivity index (χ4v) is 2.31. The Morgan fingerprint density at radius 1 is 1.17 bits per heavy atom. The molecule has 1 saturated heterocycles. The quantitative estimate of drug-likeness (QED) is 0.112. The Kier molecular flexibility index (Phi) is 18.5. The lowest BCUT2D eigenvalue weighted by molar-refractivity contribution is -0.132. The Balaban J connectivity index is 0. The normalized spacial score (nSPS) is 17.2. The van der Waals surface area contributed by atoms with E-state index in [1.54, 1.807) is 27.7 Å². The molecule has 1 fully saturated rings. The van der Waals surface area contributed by atoms with Crippen LogP contribution in [0.4, 0.5) is 0 Å². The van der Waals surface area contributed by atoms with Crippen LogP contribution in [-0.4, -0.2) is 73.8 Å². The minimum Gasteiger partial charge on any atom is -0.382 e. The smallest absolute Gasteiger partial charge is 0.269 e. The third-order valence-corrected chi connectivity index (χ3v) is 4.20. The van der Waals surface area contributed by atoms with E-state index in [9.17, 15) is 19.2 Å². The molecule has 0 aromatic carbocycles. The van der Waals surface area contributed by atoms with E-state index >= 15 is 0 Å². The number of terminal acetylenes is 1. The van der Waals surface area contributed by atoms with Gasteiger partial charge in [-0.2, -0.15) is 0 Å². The lowest BCUT2D eigenvalue weighted by atomic mass is 9.99. The number of methoxy groups -OCH3 is 1. The molecule has 0 aliphatic carbocycles. The maximum absolute atomic E-state index is 12.4. The van der Waals surface area contributed by atoms with Crippen molar-refractivity contribution < 1.29 is 33.5 Å². The molecule has 36 heavy (non-hydrogen) atoms. The summed E-state index contributed by atoms with van der Waals surface area (Å²) in [5.74, 6) is 0.521. The largest absolute Gasteiger partial charge is 0.382 e. The highest BCUT2D eigenvalue weighted by atomic mass is 16.6. The Bertz CT molecular complexity index is 814. The molecule has 1 aliphatic rings. The van der Waals surface area contributed by atoms with E-state index in [1.165, 1.54) is 20.5 Å². The SMILES string of the molecule is C#CC.C=C(C)O/N=C(\C)C(=O)N[C@@H](COC)C(=O)NCC(=O)N[C@@H](CC)C(=O)C1(C)CO1.CCC. The van der Waals surface area contributed by atoms with E-state index in [4.69, 9.17) is 14.3 Å². The first-order valence-electron chi connectivity index (χ1n) is 11.7. The van der Waals surface area contributed by atoms with Gasteiger partial charge in [0.15, 0.2) is 5.78 Å². The third-order valence-electron chi connectivity index (χ3n) is 4.20. The van der Waals surface area contributed by atoms with Crippen LogP contribution < -0.4 is 16.0 Å². The molecule has 0 spiro atoms. The predicted molar refractivity (Wildman–Crippen MR) is 138 cm³/mol. The third kappa shape index (κ3) is 14.9. The van der Waals surface area contributed by atoms with Crippen molar-refractivity contribution in [2.24, 2.45) is 5.16 Å². The lowest BCUT2D eigenvalue weighted by Crippen LogP contribution is -2.53. The van der Waals surface area contributed by atoms with Crippen LogP contribution in [0.3, 0.4) is 0 Å². The molecule has 204 valence electrons. The number of carbonyl (C=O) groups excluding carboxylic acids is 4. The minimum atomic E-state index is -1.06. The van der Waals surface area contributed by atoms with Crippen molar-refractivity contribution in [2.75, 3.05) is 26.9 Å². The monoisotopic (exact) mass is 510 g/mol. The number of amides is 3. The van der Waals surface area contributed by atoms with Gasteiger partial charge in [0.2, 0.25) is 11.8 Å². The summed E-state index contributed by atoms with van der Waals surface area (Å²) in [6.45, 7) is 15.6. The molecule has 1 unspecified atom stereocenters. The van der Waals surface area contributed by atoms with Gasteiger partial charge in [0.1, 0.15) is 23.1 Å². The average molecular weight is 511 g/mol. The fourth-order valence-electron chi connectivity index (χ4n) is 2.31. The van der Waals surface area contributed by atoms with Gasteiger partial charge < -0.3 is 30.3 Å². The molecule has 3 N–H and O–H groups in total. The highest BCUT2D eigenvalue weighted by Crippen LogP contribution is 2.28. The van der Waals surface area contributed by atoms with Gasteiger partial charge in [-0.15, -0.1) is 12.3 Å². The van der Waals surface area contributed by atoms with Crippen LogP contribution >= 0.6 is 0 Å². The first kappa shape index (κ1) is 34.9. The molecule has 3 amide bonds. The minimum absolute atomic E-state index is 0.0234. The molecule has 0 saturated carbocycles. The second-order valence-electron chi connectivity index (χ2n) is 8.08. The molecular weight excluding hydrogens is 468 g/mol. The van der Waals surface area contributed by atoms with E-state index in [0.717, 1.165) is 0 Å². The summed E-state index contributed by atoms with van der Waals surface area (Å²) >= 11 is 0. The number of hydrogen-bond donors (Lipinski definition) is 3. The Labute approximate surface area is 214 Å². The van der Waals surface area contributed by atoms with Crippen LogP contribution in [0.1, 0.15) is 61.3 Å². The molecule has 1 rings (SSSR count). The van der Waals surface area contributed by atoms with E-state index < -0.39 is 35.4 Å². The standard InChI is InChI=1S/C19H30N4O7.C3H8.C3H4/c1-7-13(16(25)19(5)10-29-19)21-15(24)8-20-18(27)14(9-28-6)22-17(26)12(4)23-30-11(2)3;2*1-3-2/h13-14H,2,7-10H2,1,3-6H3,(H,20,27)(H,21,24)(H,22,26);3H2,1-2H3;1H,2H3/b23-12+;;/t13-,14-,19?;;/m0../s1. The van der Waals surface area contributed by atoms with Gasteiger partial charge in [-0.3, -0.25) is 19.2 Å². The zero-order valence-corrected chi connectivity index (χ0v) is 22.8. The molecule has 3 atom stereocenters. The second kappa shape index (κ2) is 19.0. The first-order chi connectivity index (χ1) is 16.9. The summed E-state index contributed by atoms with van der Waals surface area (Å²) in [5.41, 5.74) is -0.872. The van der Waals surface area contributed by atoms with Gasteiger partial charge in [0, 0.05) is 7.11 Å². The van der Waals surface area contributed by atoms with Gasteiger partial charge in [0.25, 0.3) is 5.91 Å². The lowest BCUT2D eigenvalue weighted by Gasteiger charge is -2.19. The summed E-state index contributed by atoms with van der Waals surface area (Å²) in [6, 6.07) is -1.77. The maximum Gasteiger partial charge on any atom is 0.269 e. The highest BCUT2D eigenvalue weighted by Gasteiger charge is 2.49. The van der Waals surface area contributed by atoms with Gasteiger partial charge in [-0.05, 0) is 34.1 Å². The van der Waals surface area contributed by atoms with Crippen molar-refractivity contribution in [3.05, 3.63) is 12.3 Å². The van der Waals surface area contributed by atoms with Crippen molar-refractivity contribution in [1.29, 1.82) is 0 Å². The van der Waals surface area contributed by atoms with Crippen molar-refractivity contribution >= 4 is 29.2 Å². The van der Waals surface area contributed by atoms with Gasteiger partial charge in [0.05, 0.1) is 25.8 Å². The number of allylic oxidation sites excluding steroid dienone is 1. The molecular formula is C25H42N4O7. The van der Waals surface area contributed by atoms with Crippen LogP contribution in [0.2, 0.25) is 0 Å². The number of nitrogens with zero attached hydrogens (tertiary/aromatic N) is 1. The van der Waals surface area contributed by atoms with E-state index in [-0.39, 0.29) is 24.6 Å². The fraction of sp³-hybridized carbons (Fsp3) is 0.640. The molecule has 11 nitrogen and oxygen atoms in total. The molecule has 0 radical (unpaired) electrons. The Hall–Kier alpha value is -3.23. The number of ether oxygens (including phenoxy) is 2. The average Bonchev–Trinajstić information content (AvgIpc) is 3.58. The summed E-state index contributed by atoms with van der Waals surface area (Å²) in [5, 5.41) is 11.0. The number of hydrogen-bond acceptors (Lipinski definition) is 8. The van der Waals surface area contributed by atoms with Crippen LogP contribution in [0.5, 0.6) is 0 Å². The maximum atomic E-state index is 12.4. The molecule has 0 aromatic rings. The first-order valence-corrected chi connectivity index (χ1v) is 11.7. The second-order valence-corrected chi connectivity index (χ2v) is 8.08. The Morgan fingerprint density at radius 2 is 1.69 bits per heavy atom. The number of Topliss-reactive ketones (excluding diaryl/α,β-unsaturated/α-hetero) is 1. The van der Waals surface area contributed by atoms with E-state index in [2.05, 4.69) is 53.9 Å². The summed E-state index contributed by atoms with van der Waals surface area (Å²) in [6.07, 6.45) is 6.24. The number of rotatable bonds is 13. The molecule has 1 heterocycles. The molecule has 11 heteroatoms. The van der Waals surface area contributed by atoms with Crippen molar-refractivity contribution in [3.63, 3.8) is 0 Å². The van der Waals surface area contributed by atoms with Crippen molar-refractivity contribution in [3.8, 4) is 12.3 Å². The molecule has 0 bridgehead atoms. The summed E-state index contributed by atoms with van der Waals surface area (Å²) in [7, 11) is 1.36. The van der Waals surface area contributed by atoms with Crippen molar-refractivity contribution in [1.82, 2.24) is 16.0 Å². The summed E-state index contributed by atoms with van der Waals surface area (Å²) < 4.78 is 10.1. The van der Waals surface area contributed by atoms with Crippen LogP contribution in [0, 0.1) is 12.3 Å². The number of epoxide rings is 1. The van der Waals surface area contributed by atoms with Crippen LogP contribution in [0.15, 0.2) is 17.5 Å². The van der Waals surface area contributed by atoms with Gasteiger partial charge in [-0.25, -0.2) is 0 Å². The van der Waals surface area contributed by atoms with E-state index in [0.29, 0.717) is 18.8 Å². The Morgan fingerprint density at radius 3 is 2.11 bits per heavy atom. The predicted octanol–water partition coefficient (Wildman–Crippen LogP) is 1.47. The zero-order valence-electron chi connectivity index (χ0n) is 22.8. The van der Waals surface area contributed by atoms with Crippen LogP contribution in [0.25, 0.3) is 0 Å². The molecule has 1 aliphatic heterocycles. The molecule has 0 aromatic heterocycles. The van der Waals surface area contributed by atoms with Crippen LogP contribution in [-0.2, 0) is 33.5 Å². The number of oxime groups is 1. The zero-order chi connectivity index (χ0) is 28.3. The number of nitrogens with one attached hydrogen (secondary N) is 3. The van der Waals surface area contributed by atoms with Crippen molar-refractivity contribution in [2.45, 2.75) is 79.0 Å². The number of carbonyl (C=O) groups is 4.